The molecule has 3 heterocycles. The minimum atomic E-state index is -0.417. The zero-order chi connectivity index (χ0) is 22.4. The first-order valence-electron chi connectivity index (χ1n) is 10.2. The van der Waals surface area contributed by atoms with E-state index in [1.54, 1.807) is 19.1 Å². The highest BCUT2D eigenvalue weighted by molar-refractivity contribution is 8.18. The van der Waals surface area contributed by atoms with E-state index in [1.807, 2.05) is 29.2 Å². The highest BCUT2D eigenvalue weighted by Crippen LogP contribution is 2.33. The summed E-state index contributed by atoms with van der Waals surface area (Å²) in [5, 5.41) is 2.58. The van der Waals surface area contributed by atoms with Crippen molar-refractivity contribution in [2.24, 2.45) is 5.73 Å². The normalized spacial score (nSPS) is 19.3. The van der Waals surface area contributed by atoms with E-state index in [9.17, 15) is 9.59 Å². The number of hydrogen-bond acceptors (Lipinski definition) is 7. The maximum absolute atomic E-state index is 15.0. The lowest BCUT2D eigenvalue weighted by molar-refractivity contribution is -0.115. The van der Waals surface area contributed by atoms with Crippen LogP contribution in [0.4, 0.5) is 14.9 Å². The predicted molar refractivity (Wildman–Crippen MR) is 131 cm³/mol. The maximum atomic E-state index is 15.0. The highest BCUT2D eigenvalue weighted by atomic mass is 35.5. The second-order valence-electron chi connectivity index (χ2n) is 7.91. The topological polar surface area (TPSA) is 101 Å². The van der Waals surface area contributed by atoms with Gasteiger partial charge in [-0.25, -0.2) is 14.4 Å². The van der Waals surface area contributed by atoms with E-state index in [-0.39, 0.29) is 24.3 Å². The van der Waals surface area contributed by atoms with Gasteiger partial charge in [-0.2, -0.15) is 0 Å². The minimum Gasteiger partial charge on any atom is -0.368 e. The predicted octanol–water partition coefficient (Wildman–Crippen LogP) is 4.03. The van der Waals surface area contributed by atoms with Gasteiger partial charge < -0.3 is 10.6 Å². The summed E-state index contributed by atoms with van der Waals surface area (Å²) in [5.74, 6) is -0.165. The number of nitrogens with two attached hydrogens (primary N) is 1. The quantitative estimate of drug-likeness (QED) is 0.540. The average molecular weight is 486 g/mol. The second kappa shape index (κ2) is 9.09. The van der Waals surface area contributed by atoms with Crippen molar-refractivity contribution in [3.8, 4) is 11.3 Å². The molecule has 2 aromatic carbocycles. The molecule has 0 aliphatic carbocycles. The third kappa shape index (κ3) is 4.57. The Morgan fingerprint density at radius 1 is 1.21 bits per heavy atom. The van der Waals surface area contributed by atoms with Crippen molar-refractivity contribution in [3.05, 3.63) is 58.5 Å². The highest BCUT2D eigenvalue weighted by Gasteiger charge is 2.25. The molecule has 7 nitrogen and oxygen atoms in total. The van der Waals surface area contributed by atoms with E-state index in [1.165, 1.54) is 6.07 Å². The van der Waals surface area contributed by atoms with Gasteiger partial charge >= 0.3 is 0 Å². The van der Waals surface area contributed by atoms with Gasteiger partial charge in [0, 0.05) is 30.1 Å². The first-order valence-corrected chi connectivity index (χ1v) is 11.0. The Morgan fingerprint density at radius 3 is 2.70 bits per heavy atom. The molecule has 0 saturated carbocycles. The minimum absolute atomic E-state index is 0. The largest absolute Gasteiger partial charge is 0.368 e. The lowest BCUT2D eigenvalue weighted by atomic mass is 10.0. The lowest BCUT2D eigenvalue weighted by Crippen LogP contribution is -2.26. The number of imide groups is 1. The van der Waals surface area contributed by atoms with Crippen LogP contribution in [0, 0.1) is 12.7 Å². The molecule has 10 heteroatoms. The van der Waals surface area contributed by atoms with Crippen molar-refractivity contribution >= 4 is 58.0 Å². The van der Waals surface area contributed by atoms with Gasteiger partial charge in [0.2, 0.25) is 0 Å². The monoisotopic (exact) mass is 485 g/mol. The number of amides is 2. The first-order chi connectivity index (χ1) is 15.4. The summed E-state index contributed by atoms with van der Waals surface area (Å²) in [4.78, 5) is 34.7. The number of nitrogens with one attached hydrogen (secondary N) is 1. The Kier molecular flexibility index (Phi) is 6.38. The molecule has 2 aliphatic rings. The molecule has 0 radical (unpaired) electrons. The smallest absolute Gasteiger partial charge is 0.290 e. The van der Waals surface area contributed by atoms with Gasteiger partial charge in [0.15, 0.2) is 0 Å². The van der Waals surface area contributed by atoms with Crippen LogP contribution < -0.4 is 16.0 Å². The van der Waals surface area contributed by atoms with Crippen LogP contribution in [-0.4, -0.2) is 40.2 Å². The van der Waals surface area contributed by atoms with Crippen molar-refractivity contribution in [2.75, 3.05) is 18.0 Å². The summed E-state index contributed by atoms with van der Waals surface area (Å²) in [7, 11) is 0. The number of carbonyl (C=O) groups is 2. The van der Waals surface area contributed by atoms with Gasteiger partial charge in [-0.05, 0) is 61.0 Å². The zero-order valence-corrected chi connectivity index (χ0v) is 19.3. The molecule has 0 unspecified atom stereocenters. The van der Waals surface area contributed by atoms with Crippen molar-refractivity contribution in [3.63, 3.8) is 0 Å². The van der Waals surface area contributed by atoms with Crippen LogP contribution in [0.2, 0.25) is 0 Å². The van der Waals surface area contributed by atoms with E-state index in [4.69, 9.17) is 5.73 Å². The third-order valence-electron chi connectivity index (χ3n) is 5.56. The molecular weight excluding hydrogens is 465 g/mol. The number of nitrogens with zero attached hydrogens (tertiary/aromatic N) is 3. The van der Waals surface area contributed by atoms with Gasteiger partial charge in [-0.3, -0.25) is 14.9 Å². The number of hydrogen-bond donors (Lipinski definition) is 2. The summed E-state index contributed by atoms with van der Waals surface area (Å²) < 4.78 is 15.0. The first kappa shape index (κ1) is 23.2. The summed E-state index contributed by atoms with van der Waals surface area (Å²) >= 11 is 0.860. The number of thioether (sulfide) groups is 1. The van der Waals surface area contributed by atoms with Crippen LogP contribution in [0.1, 0.15) is 17.8 Å². The SMILES string of the molecule is Cc1nc(-c2ccc(N3CC[C@@H](N)C3)c(F)c2)c2cc(C=C3SC(=O)NC3=O)ccc2n1.Cl. The Balaban J connectivity index is 0.00000259. The number of aromatic nitrogens is 2. The van der Waals surface area contributed by atoms with E-state index >= 15 is 4.39 Å². The molecule has 33 heavy (non-hydrogen) atoms. The molecule has 0 spiro atoms. The van der Waals surface area contributed by atoms with Gasteiger partial charge in [0.1, 0.15) is 11.6 Å². The van der Waals surface area contributed by atoms with E-state index in [0.29, 0.717) is 39.7 Å². The molecule has 170 valence electrons. The summed E-state index contributed by atoms with van der Waals surface area (Å²) in [6.07, 6.45) is 2.49. The van der Waals surface area contributed by atoms with Crippen LogP contribution >= 0.6 is 24.2 Å². The Morgan fingerprint density at radius 2 is 2.03 bits per heavy atom. The number of anilines is 1. The van der Waals surface area contributed by atoms with Crippen LogP contribution in [0.3, 0.4) is 0 Å². The van der Waals surface area contributed by atoms with Crippen molar-refractivity contribution in [1.29, 1.82) is 0 Å². The van der Waals surface area contributed by atoms with E-state index in [2.05, 4.69) is 15.3 Å². The zero-order valence-electron chi connectivity index (χ0n) is 17.7. The number of fused-ring (bicyclic) bond motifs is 1. The number of carbonyl (C=O) groups excluding carboxylic acids is 2. The fraction of sp³-hybridized carbons (Fsp3) is 0.217. The number of aryl methyl sites for hydroxylation is 1. The molecule has 0 bridgehead atoms. The van der Waals surface area contributed by atoms with E-state index in [0.717, 1.165) is 35.7 Å². The van der Waals surface area contributed by atoms with Crippen molar-refractivity contribution in [2.45, 2.75) is 19.4 Å². The molecule has 2 amide bonds. The molecule has 2 saturated heterocycles. The Bertz CT molecular complexity index is 1320. The van der Waals surface area contributed by atoms with Gasteiger partial charge in [0.25, 0.3) is 11.1 Å². The second-order valence-corrected chi connectivity index (χ2v) is 8.92. The lowest BCUT2D eigenvalue weighted by Gasteiger charge is -2.19. The van der Waals surface area contributed by atoms with Crippen LogP contribution in [-0.2, 0) is 4.79 Å². The van der Waals surface area contributed by atoms with Crippen LogP contribution in [0.15, 0.2) is 41.3 Å². The number of benzene rings is 2. The third-order valence-corrected chi connectivity index (χ3v) is 6.37. The molecule has 1 aromatic heterocycles. The van der Waals surface area contributed by atoms with Gasteiger partial charge in [0.05, 0.1) is 21.8 Å². The van der Waals surface area contributed by atoms with E-state index < -0.39 is 11.1 Å². The molecule has 2 fully saturated rings. The summed E-state index contributed by atoms with van der Waals surface area (Å²) in [6.45, 7) is 3.16. The fourth-order valence-electron chi connectivity index (χ4n) is 4.06. The summed E-state index contributed by atoms with van der Waals surface area (Å²) in [5.41, 5.74) is 9.19. The molecule has 3 N–H and O–H groups in total. The molecule has 3 aromatic rings. The Labute approximate surface area is 200 Å². The molecule has 5 rings (SSSR count). The molecule has 2 aliphatic heterocycles. The number of rotatable bonds is 3. The fourth-order valence-corrected chi connectivity index (χ4v) is 4.74. The van der Waals surface area contributed by atoms with Crippen molar-refractivity contribution < 1.29 is 14.0 Å². The van der Waals surface area contributed by atoms with Gasteiger partial charge in [-0.15, -0.1) is 12.4 Å². The molecule has 1 atom stereocenters. The molecular formula is C23H21ClFN5O2S. The Hall–Kier alpha value is -3.01. The van der Waals surface area contributed by atoms with Crippen LogP contribution in [0.5, 0.6) is 0 Å². The van der Waals surface area contributed by atoms with Crippen LogP contribution in [0.25, 0.3) is 28.2 Å². The maximum Gasteiger partial charge on any atom is 0.290 e. The summed E-state index contributed by atoms with van der Waals surface area (Å²) in [6, 6.07) is 10.7. The van der Waals surface area contributed by atoms with Crippen molar-refractivity contribution in [1.82, 2.24) is 15.3 Å². The standard InChI is InChI=1S/C23H20FN5O2S.ClH/c1-12-26-18-4-2-13(9-20-22(30)28-23(31)32-20)8-16(18)21(27-12)14-3-5-19(17(24)10-14)29-7-6-15(25)11-29;/h2-5,8-10,15H,6-7,11,25H2,1H3,(H,28,30,31);1H/t15-;/m1./s1. The van der Waals surface area contributed by atoms with Gasteiger partial charge in [-0.1, -0.05) is 12.1 Å². The average Bonchev–Trinajstić information content (AvgIpc) is 3.31. The number of halogens is 2.